The first kappa shape index (κ1) is 17.9. The highest BCUT2D eigenvalue weighted by Gasteiger charge is 2.27. The average Bonchev–Trinajstić information content (AvgIpc) is 2.94. The highest BCUT2D eigenvalue weighted by atomic mass is 32.2. The molecule has 0 aromatic heterocycles. The van der Waals surface area contributed by atoms with Gasteiger partial charge in [-0.1, -0.05) is 0 Å². The van der Waals surface area contributed by atoms with Crippen LogP contribution in [0.15, 0.2) is 29.3 Å². The molecule has 0 aliphatic carbocycles. The van der Waals surface area contributed by atoms with E-state index in [2.05, 4.69) is 9.89 Å². The minimum Gasteiger partial charge on any atom is -0.370 e. The molecule has 0 atom stereocenters. The van der Waals surface area contributed by atoms with Crippen molar-refractivity contribution >= 4 is 21.7 Å². The van der Waals surface area contributed by atoms with Gasteiger partial charge in [0.1, 0.15) is 5.82 Å². The molecule has 1 aromatic rings. The zero-order valence-electron chi connectivity index (χ0n) is 14.1. The maximum Gasteiger partial charge on any atom is 0.214 e. The Morgan fingerprint density at radius 3 is 2.40 bits per heavy atom. The molecule has 0 radical (unpaired) electrons. The lowest BCUT2D eigenvalue weighted by Gasteiger charge is -2.36. The predicted octanol–water partition coefficient (Wildman–Crippen LogP) is 0.298. The number of nitrogens with two attached hydrogens (primary N) is 1. The Balaban J connectivity index is 1.47. The molecule has 2 saturated heterocycles. The van der Waals surface area contributed by atoms with Crippen molar-refractivity contribution in [2.45, 2.75) is 6.42 Å². The van der Waals surface area contributed by atoms with Crippen LogP contribution in [0, 0.1) is 5.82 Å². The third-order valence-corrected chi connectivity index (χ3v) is 6.58. The van der Waals surface area contributed by atoms with Gasteiger partial charge < -0.3 is 15.5 Å². The zero-order valence-corrected chi connectivity index (χ0v) is 15.0. The fraction of sp³-hybridized carbons (Fsp3) is 0.562. The molecule has 0 spiro atoms. The molecule has 3 rings (SSSR count). The lowest BCUT2D eigenvalue weighted by Crippen LogP contribution is -2.51. The van der Waals surface area contributed by atoms with Gasteiger partial charge in [0.15, 0.2) is 5.96 Å². The Labute approximate surface area is 148 Å². The van der Waals surface area contributed by atoms with E-state index < -0.39 is 10.0 Å². The first-order valence-electron chi connectivity index (χ1n) is 8.49. The monoisotopic (exact) mass is 369 g/mol. The average molecular weight is 369 g/mol. The lowest BCUT2D eigenvalue weighted by atomic mass is 10.2. The van der Waals surface area contributed by atoms with Gasteiger partial charge in [0.25, 0.3) is 0 Å². The SMILES string of the molecule is NC(=NCCN1CCCS1(=O)=O)N1CCN(c2ccc(F)cc2)CC1. The topological polar surface area (TPSA) is 82.2 Å². The first-order chi connectivity index (χ1) is 12.0. The van der Waals surface area contributed by atoms with E-state index in [0.717, 1.165) is 31.9 Å². The summed E-state index contributed by atoms with van der Waals surface area (Å²) in [4.78, 5) is 8.51. The summed E-state index contributed by atoms with van der Waals surface area (Å²) >= 11 is 0. The second-order valence-corrected chi connectivity index (χ2v) is 8.35. The van der Waals surface area contributed by atoms with Crippen LogP contribution < -0.4 is 10.6 Å². The number of hydrogen-bond acceptors (Lipinski definition) is 4. The number of rotatable bonds is 4. The number of halogens is 1. The molecule has 1 aromatic carbocycles. The molecule has 0 unspecified atom stereocenters. The van der Waals surface area contributed by atoms with E-state index in [1.807, 2.05) is 4.90 Å². The Bertz CT molecular complexity index is 715. The van der Waals surface area contributed by atoms with E-state index in [-0.39, 0.29) is 11.6 Å². The van der Waals surface area contributed by atoms with Crippen LogP contribution in [-0.2, 0) is 10.0 Å². The molecule has 9 heteroatoms. The van der Waals surface area contributed by atoms with E-state index in [0.29, 0.717) is 32.0 Å². The number of sulfonamides is 1. The van der Waals surface area contributed by atoms with Crippen LogP contribution in [0.5, 0.6) is 0 Å². The number of benzene rings is 1. The molecule has 2 fully saturated rings. The Morgan fingerprint density at radius 2 is 1.80 bits per heavy atom. The molecule has 0 saturated carbocycles. The van der Waals surface area contributed by atoms with Gasteiger partial charge in [0.2, 0.25) is 10.0 Å². The smallest absolute Gasteiger partial charge is 0.214 e. The number of anilines is 1. The summed E-state index contributed by atoms with van der Waals surface area (Å²) < 4.78 is 38.0. The van der Waals surface area contributed by atoms with Crippen molar-refractivity contribution in [1.29, 1.82) is 0 Å². The second-order valence-electron chi connectivity index (χ2n) is 6.26. The number of aliphatic imine (C=N–C) groups is 1. The summed E-state index contributed by atoms with van der Waals surface area (Å²) in [5, 5.41) is 0. The van der Waals surface area contributed by atoms with Gasteiger partial charge in [0.05, 0.1) is 12.3 Å². The molecule has 0 amide bonds. The maximum atomic E-state index is 13.0. The molecule has 2 N–H and O–H groups in total. The van der Waals surface area contributed by atoms with Gasteiger partial charge >= 0.3 is 0 Å². The van der Waals surface area contributed by atoms with Crippen molar-refractivity contribution < 1.29 is 12.8 Å². The fourth-order valence-electron chi connectivity index (χ4n) is 3.16. The summed E-state index contributed by atoms with van der Waals surface area (Å²) in [6.07, 6.45) is 0.687. The Kier molecular flexibility index (Phi) is 5.43. The van der Waals surface area contributed by atoms with Gasteiger partial charge in [0, 0.05) is 45.0 Å². The molecule has 2 aliphatic rings. The minimum absolute atomic E-state index is 0.234. The molecule has 25 heavy (non-hydrogen) atoms. The summed E-state index contributed by atoms with van der Waals surface area (Å²) in [5.41, 5.74) is 7.04. The van der Waals surface area contributed by atoms with Crippen LogP contribution >= 0.6 is 0 Å². The van der Waals surface area contributed by atoms with Crippen LogP contribution in [0.25, 0.3) is 0 Å². The summed E-state index contributed by atoms with van der Waals surface area (Å²) in [7, 11) is -3.07. The van der Waals surface area contributed by atoms with Crippen molar-refractivity contribution in [2.75, 3.05) is 56.5 Å². The third-order valence-electron chi connectivity index (χ3n) is 4.62. The molecular weight excluding hydrogens is 345 g/mol. The highest BCUT2D eigenvalue weighted by molar-refractivity contribution is 7.89. The second kappa shape index (κ2) is 7.57. The van der Waals surface area contributed by atoms with Crippen LogP contribution in [0.2, 0.25) is 0 Å². The summed E-state index contributed by atoms with van der Waals surface area (Å²) in [6, 6.07) is 6.48. The van der Waals surface area contributed by atoms with Gasteiger partial charge in [-0.15, -0.1) is 0 Å². The molecular formula is C16H24FN5O2S. The normalized spacial score (nSPS) is 21.7. The molecule has 138 valence electrons. The fourth-order valence-corrected chi connectivity index (χ4v) is 4.68. The predicted molar refractivity (Wildman–Crippen MR) is 96.7 cm³/mol. The molecule has 0 bridgehead atoms. The van der Waals surface area contributed by atoms with E-state index in [4.69, 9.17) is 5.73 Å². The van der Waals surface area contributed by atoms with Gasteiger partial charge in [-0.05, 0) is 30.7 Å². The lowest BCUT2D eigenvalue weighted by molar-refractivity contribution is 0.379. The van der Waals surface area contributed by atoms with Gasteiger partial charge in [-0.2, -0.15) is 0 Å². The van der Waals surface area contributed by atoms with Crippen LogP contribution in [0.1, 0.15) is 6.42 Å². The van der Waals surface area contributed by atoms with Crippen LogP contribution in [-0.4, -0.2) is 75.1 Å². The largest absolute Gasteiger partial charge is 0.370 e. The van der Waals surface area contributed by atoms with Crippen LogP contribution in [0.3, 0.4) is 0 Å². The maximum absolute atomic E-state index is 13.0. The number of nitrogens with zero attached hydrogens (tertiary/aromatic N) is 4. The van der Waals surface area contributed by atoms with Crippen LogP contribution in [0.4, 0.5) is 10.1 Å². The number of guanidine groups is 1. The molecule has 2 aliphatic heterocycles. The van der Waals surface area contributed by atoms with Crippen molar-refractivity contribution in [3.63, 3.8) is 0 Å². The number of piperazine rings is 1. The third kappa shape index (κ3) is 4.40. The Hall–Kier alpha value is -1.87. The minimum atomic E-state index is -3.07. The first-order valence-corrected chi connectivity index (χ1v) is 10.1. The van der Waals surface area contributed by atoms with Crippen molar-refractivity contribution in [3.05, 3.63) is 30.1 Å². The highest BCUT2D eigenvalue weighted by Crippen LogP contribution is 2.17. The van der Waals surface area contributed by atoms with Crippen molar-refractivity contribution in [3.8, 4) is 0 Å². The quantitative estimate of drug-likeness (QED) is 0.610. The van der Waals surface area contributed by atoms with Gasteiger partial charge in [-0.3, -0.25) is 4.99 Å². The zero-order chi connectivity index (χ0) is 17.9. The van der Waals surface area contributed by atoms with E-state index in [1.165, 1.54) is 16.4 Å². The van der Waals surface area contributed by atoms with E-state index in [1.54, 1.807) is 12.1 Å². The Morgan fingerprint density at radius 1 is 1.12 bits per heavy atom. The standard InChI is InChI=1S/C16H24FN5O2S/c17-14-2-4-15(5-3-14)20-9-11-21(12-10-20)16(18)19-6-8-22-7-1-13-25(22,23)24/h2-5H,1,6-13H2,(H2,18,19). The van der Waals surface area contributed by atoms with Gasteiger partial charge in [-0.25, -0.2) is 17.1 Å². The van der Waals surface area contributed by atoms with E-state index in [9.17, 15) is 12.8 Å². The summed E-state index contributed by atoms with van der Waals surface area (Å²) in [6.45, 7) is 4.37. The van der Waals surface area contributed by atoms with E-state index >= 15 is 0 Å². The molecule has 2 heterocycles. The summed E-state index contributed by atoms with van der Waals surface area (Å²) in [5.74, 6) is 0.450. The van der Waals surface area contributed by atoms with Crippen molar-refractivity contribution in [2.24, 2.45) is 10.7 Å². The molecule has 7 nitrogen and oxygen atoms in total. The van der Waals surface area contributed by atoms with Crippen molar-refractivity contribution in [1.82, 2.24) is 9.21 Å². The number of hydrogen-bond donors (Lipinski definition) is 1.